The summed E-state index contributed by atoms with van der Waals surface area (Å²) in [6.07, 6.45) is 2.39. The van der Waals surface area contributed by atoms with Crippen molar-refractivity contribution in [3.8, 4) is 0 Å². The van der Waals surface area contributed by atoms with E-state index in [0.29, 0.717) is 25.4 Å². The number of imidazole rings is 1. The standard InChI is InChI=1S/C18H20N4O3S/c1-22-10-19-14-6-12(2-3-16(14)22)18(23)21-15-8-24-5-4-17(15)25-7-13-9-26-11-20-13/h2-3,6,9-11,15,17H,4-5,7-8H2,1H3,(H,21,23)/t15-,17+/m1/s1. The zero-order chi connectivity index (χ0) is 17.9. The van der Waals surface area contributed by atoms with Crippen LogP contribution in [0.4, 0.5) is 0 Å². The molecular weight excluding hydrogens is 352 g/mol. The summed E-state index contributed by atoms with van der Waals surface area (Å²) in [6.45, 7) is 1.52. The normalized spacial score (nSPS) is 20.3. The van der Waals surface area contributed by atoms with E-state index in [9.17, 15) is 4.79 Å². The molecule has 0 unspecified atom stereocenters. The van der Waals surface area contributed by atoms with Gasteiger partial charge in [-0.25, -0.2) is 9.97 Å². The first-order valence-electron chi connectivity index (χ1n) is 8.49. The maximum Gasteiger partial charge on any atom is 0.251 e. The van der Waals surface area contributed by atoms with Gasteiger partial charge in [0.1, 0.15) is 0 Å². The average molecular weight is 372 g/mol. The number of carbonyl (C=O) groups is 1. The second kappa shape index (κ2) is 7.53. The van der Waals surface area contributed by atoms with Crippen molar-refractivity contribution in [3.63, 3.8) is 0 Å². The molecule has 8 heteroatoms. The summed E-state index contributed by atoms with van der Waals surface area (Å²) < 4.78 is 13.4. The van der Waals surface area contributed by atoms with Crippen LogP contribution >= 0.6 is 11.3 Å². The van der Waals surface area contributed by atoms with Crippen LogP contribution in [-0.4, -0.2) is 45.8 Å². The lowest BCUT2D eigenvalue weighted by molar-refractivity contribution is -0.0611. The number of hydrogen-bond donors (Lipinski definition) is 1. The van der Waals surface area contributed by atoms with Gasteiger partial charge in [0.05, 0.1) is 53.9 Å². The number of aromatic nitrogens is 3. The van der Waals surface area contributed by atoms with Crippen LogP contribution in [0.25, 0.3) is 11.0 Å². The number of nitrogens with one attached hydrogen (secondary N) is 1. The number of benzene rings is 1. The molecule has 1 N–H and O–H groups in total. The number of carbonyl (C=O) groups excluding carboxylic acids is 1. The zero-order valence-corrected chi connectivity index (χ0v) is 15.2. The monoisotopic (exact) mass is 372 g/mol. The highest BCUT2D eigenvalue weighted by Crippen LogP contribution is 2.17. The second-order valence-corrected chi connectivity index (χ2v) is 7.05. The van der Waals surface area contributed by atoms with Crippen molar-refractivity contribution in [3.05, 3.63) is 46.7 Å². The summed E-state index contributed by atoms with van der Waals surface area (Å²) in [5, 5.41) is 5.01. The Hall–Kier alpha value is -2.29. The van der Waals surface area contributed by atoms with Gasteiger partial charge < -0.3 is 19.4 Å². The molecular formula is C18H20N4O3S. The van der Waals surface area contributed by atoms with Gasteiger partial charge in [-0.1, -0.05) is 0 Å². The maximum atomic E-state index is 12.7. The van der Waals surface area contributed by atoms with Crippen LogP contribution in [0.15, 0.2) is 35.4 Å². The molecule has 2 aromatic heterocycles. The molecule has 1 fully saturated rings. The highest BCUT2D eigenvalue weighted by atomic mass is 32.1. The third-order valence-electron chi connectivity index (χ3n) is 4.53. The number of thiazole rings is 1. The van der Waals surface area contributed by atoms with Crippen LogP contribution in [0.5, 0.6) is 0 Å². The van der Waals surface area contributed by atoms with Gasteiger partial charge in [-0.15, -0.1) is 11.3 Å². The van der Waals surface area contributed by atoms with Gasteiger partial charge in [0.25, 0.3) is 5.91 Å². The number of amides is 1. The van der Waals surface area contributed by atoms with Gasteiger partial charge >= 0.3 is 0 Å². The Morgan fingerprint density at radius 2 is 2.38 bits per heavy atom. The highest BCUT2D eigenvalue weighted by Gasteiger charge is 2.28. The van der Waals surface area contributed by atoms with E-state index in [1.54, 1.807) is 29.2 Å². The van der Waals surface area contributed by atoms with Gasteiger partial charge in [0.15, 0.2) is 0 Å². The molecule has 4 rings (SSSR count). The van der Waals surface area contributed by atoms with Crippen LogP contribution < -0.4 is 5.32 Å². The van der Waals surface area contributed by atoms with E-state index in [2.05, 4.69) is 15.3 Å². The number of rotatable bonds is 5. The smallest absolute Gasteiger partial charge is 0.251 e. The molecule has 1 aromatic carbocycles. The van der Waals surface area contributed by atoms with Crippen molar-refractivity contribution in [1.82, 2.24) is 19.9 Å². The van der Waals surface area contributed by atoms with Gasteiger partial charge in [-0.3, -0.25) is 4.79 Å². The number of aryl methyl sites for hydroxylation is 1. The fraction of sp³-hybridized carbons (Fsp3) is 0.389. The third kappa shape index (κ3) is 3.62. The molecule has 2 atom stereocenters. The first kappa shape index (κ1) is 17.1. The van der Waals surface area contributed by atoms with Gasteiger partial charge in [0, 0.05) is 24.6 Å². The first-order chi connectivity index (χ1) is 12.7. The molecule has 0 radical (unpaired) electrons. The van der Waals surface area contributed by atoms with Crippen LogP contribution in [0.2, 0.25) is 0 Å². The van der Waals surface area contributed by atoms with Crippen molar-refractivity contribution in [2.75, 3.05) is 13.2 Å². The van der Waals surface area contributed by atoms with Gasteiger partial charge in [0.2, 0.25) is 0 Å². The topological polar surface area (TPSA) is 78.3 Å². The van der Waals surface area contributed by atoms with E-state index in [1.807, 2.05) is 29.1 Å². The summed E-state index contributed by atoms with van der Waals surface area (Å²) in [5.74, 6) is -0.143. The van der Waals surface area contributed by atoms with Crippen LogP contribution in [0.3, 0.4) is 0 Å². The summed E-state index contributed by atoms with van der Waals surface area (Å²) in [4.78, 5) is 21.2. The summed E-state index contributed by atoms with van der Waals surface area (Å²) in [5.41, 5.74) is 5.07. The summed E-state index contributed by atoms with van der Waals surface area (Å²) in [6, 6.07) is 5.34. The Kier molecular flexibility index (Phi) is 4.96. The van der Waals surface area contributed by atoms with Crippen LogP contribution in [0.1, 0.15) is 22.5 Å². The molecule has 1 saturated heterocycles. The quantitative estimate of drug-likeness (QED) is 0.742. The fourth-order valence-corrected chi connectivity index (χ4v) is 3.63. The molecule has 0 aliphatic carbocycles. The molecule has 136 valence electrons. The second-order valence-electron chi connectivity index (χ2n) is 6.33. The zero-order valence-electron chi connectivity index (χ0n) is 14.4. The molecule has 0 saturated carbocycles. The van der Waals surface area contributed by atoms with Crippen LogP contribution in [0, 0.1) is 0 Å². The van der Waals surface area contributed by atoms with E-state index in [0.717, 1.165) is 23.1 Å². The molecule has 1 aliphatic rings. The van der Waals surface area contributed by atoms with Crippen molar-refractivity contribution in [2.24, 2.45) is 7.05 Å². The third-order valence-corrected chi connectivity index (χ3v) is 5.16. The average Bonchev–Trinajstić information content (AvgIpc) is 3.31. The molecule has 3 aromatic rings. The predicted octanol–water partition coefficient (Wildman–Crippen LogP) is 2.13. The number of hydrogen-bond acceptors (Lipinski definition) is 6. The fourth-order valence-electron chi connectivity index (χ4n) is 3.08. The van der Waals surface area contributed by atoms with E-state index < -0.39 is 0 Å². The predicted molar refractivity (Wildman–Crippen MR) is 98.1 cm³/mol. The van der Waals surface area contributed by atoms with Gasteiger partial charge in [-0.05, 0) is 24.6 Å². The lowest BCUT2D eigenvalue weighted by atomic mass is 10.1. The highest BCUT2D eigenvalue weighted by molar-refractivity contribution is 7.07. The van der Waals surface area contributed by atoms with Crippen molar-refractivity contribution in [2.45, 2.75) is 25.2 Å². The maximum absolute atomic E-state index is 12.7. The lowest BCUT2D eigenvalue weighted by Crippen LogP contribution is -2.50. The summed E-state index contributed by atoms with van der Waals surface area (Å²) in [7, 11) is 1.93. The molecule has 7 nitrogen and oxygen atoms in total. The Labute approximate surface area is 155 Å². The minimum atomic E-state index is -0.186. The largest absolute Gasteiger partial charge is 0.379 e. The number of ether oxygens (including phenoxy) is 2. The minimum absolute atomic E-state index is 0.0898. The van der Waals surface area contributed by atoms with Crippen molar-refractivity contribution in [1.29, 1.82) is 0 Å². The van der Waals surface area contributed by atoms with E-state index >= 15 is 0 Å². The number of nitrogens with zero attached hydrogens (tertiary/aromatic N) is 3. The van der Waals surface area contributed by atoms with Crippen molar-refractivity contribution < 1.29 is 14.3 Å². The molecule has 0 bridgehead atoms. The van der Waals surface area contributed by atoms with Crippen molar-refractivity contribution >= 4 is 28.3 Å². The molecule has 26 heavy (non-hydrogen) atoms. The first-order valence-corrected chi connectivity index (χ1v) is 9.43. The van der Waals surface area contributed by atoms with E-state index in [-0.39, 0.29) is 18.1 Å². The number of fused-ring (bicyclic) bond motifs is 1. The molecule has 1 amide bonds. The Balaban J connectivity index is 1.43. The molecule has 1 aliphatic heterocycles. The lowest BCUT2D eigenvalue weighted by Gasteiger charge is -2.32. The Morgan fingerprint density at radius 1 is 1.46 bits per heavy atom. The van der Waals surface area contributed by atoms with E-state index in [4.69, 9.17) is 9.47 Å². The van der Waals surface area contributed by atoms with Crippen LogP contribution in [-0.2, 0) is 23.1 Å². The SMILES string of the molecule is Cn1cnc2cc(C(=O)N[C@@H]3COCC[C@@H]3OCc3cscn3)ccc21. The Morgan fingerprint density at radius 3 is 3.23 bits per heavy atom. The molecule has 0 spiro atoms. The Bertz CT molecular complexity index is 893. The molecule has 3 heterocycles. The van der Waals surface area contributed by atoms with E-state index in [1.165, 1.54) is 0 Å². The minimum Gasteiger partial charge on any atom is -0.379 e. The van der Waals surface area contributed by atoms with Gasteiger partial charge in [-0.2, -0.15) is 0 Å². The summed E-state index contributed by atoms with van der Waals surface area (Å²) >= 11 is 1.54.